The van der Waals surface area contributed by atoms with E-state index < -0.39 is 6.10 Å². The van der Waals surface area contributed by atoms with Crippen molar-refractivity contribution in [2.75, 3.05) is 0 Å². The SMILES string of the molecule is C=C[C@H](O)CC(=O)CCCc1ccccc1. The maximum atomic E-state index is 11.4. The Kier molecular flexibility index (Phi) is 5.51. The summed E-state index contributed by atoms with van der Waals surface area (Å²) in [5.41, 5.74) is 1.25. The van der Waals surface area contributed by atoms with Crippen LogP contribution >= 0.6 is 0 Å². The largest absolute Gasteiger partial charge is 0.389 e. The first kappa shape index (κ1) is 12.7. The van der Waals surface area contributed by atoms with E-state index in [9.17, 15) is 9.90 Å². The average molecular weight is 218 g/mol. The van der Waals surface area contributed by atoms with E-state index in [0.717, 1.165) is 12.8 Å². The van der Waals surface area contributed by atoms with Crippen molar-refractivity contribution < 1.29 is 9.90 Å². The van der Waals surface area contributed by atoms with Gasteiger partial charge in [0, 0.05) is 12.8 Å². The summed E-state index contributed by atoms with van der Waals surface area (Å²) in [7, 11) is 0. The summed E-state index contributed by atoms with van der Waals surface area (Å²) in [5, 5.41) is 9.21. The van der Waals surface area contributed by atoms with E-state index in [4.69, 9.17) is 0 Å². The third-order valence-electron chi connectivity index (χ3n) is 2.47. The molecule has 0 spiro atoms. The van der Waals surface area contributed by atoms with E-state index in [1.54, 1.807) is 0 Å². The van der Waals surface area contributed by atoms with Crippen molar-refractivity contribution in [3.8, 4) is 0 Å². The molecule has 0 amide bonds. The molecule has 0 unspecified atom stereocenters. The number of hydrogen-bond acceptors (Lipinski definition) is 2. The molecule has 0 saturated carbocycles. The van der Waals surface area contributed by atoms with Gasteiger partial charge in [-0.3, -0.25) is 4.79 Å². The molecule has 0 fully saturated rings. The molecule has 0 aliphatic carbocycles. The Bertz CT molecular complexity index is 330. The maximum Gasteiger partial charge on any atom is 0.135 e. The standard InChI is InChI=1S/C14H18O2/c1-2-13(15)11-14(16)10-6-9-12-7-4-3-5-8-12/h2-5,7-8,13,15H,1,6,9-11H2/t13-/m0/s1. The van der Waals surface area contributed by atoms with Crippen molar-refractivity contribution in [3.05, 3.63) is 48.6 Å². The highest BCUT2D eigenvalue weighted by Gasteiger charge is 2.06. The fourth-order valence-corrected chi connectivity index (χ4v) is 1.55. The molecule has 1 atom stereocenters. The third kappa shape index (κ3) is 4.89. The molecule has 1 N–H and O–H groups in total. The summed E-state index contributed by atoms with van der Waals surface area (Å²) in [4.78, 5) is 11.4. The van der Waals surface area contributed by atoms with E-state index in [1.165, 1.54) is 11.6 Å². The van der Waals surface area contributed by atoms with E-state index >= 15 is 0 Å². The van der Waals surface area contributed by atoms with Gasteiger partial charge in [-0.2, -0.15) is 0 Å². The van der Waals surface area contributed by atoms with E-state index in [1.807, 2.05) is 18.2 Å². The molecular formula is C14H18O2. The topological polar surface area (TPSA) is 37.3 Å². The van der Waals surface area contributed by atoms with Gasteiger partial charge < -0.3 is 5.11 Å². The first-order valence-electron chi connectivity index (χ1n) is 5.58. The highest BCUT2D eigenvalue weighted by Crippen LogP contribution is 2.06. The number of aryl methyl sites for hydroxylation is 1. The Morgan fingerprint density at radius 1 is 1.38 bits per heavy atom. The van der Waals surface area contributed by atoms with Crippen LogP contribution in [-0.4, -0.2) is 17.0 Å². The predicted octanol–water partition coefficient (Wildman–Crippen LogP) is 2.52. The molecule has 1 aromatic rings. The smallest absolute Gasteiger partial charge is 0.135 e. The number of carbonyl (C=O) groups excluding carboxylic acids is 1. The fraction of sp³-hybridized carbons (Fsp3) is 0.357. The van der Waals surface area contributed by atoms with Gasteiger partial charge in [0.05, 0.1) is 6.10 Å². The number of ketones is 1. The molecule has 0 heterocycles. The Hall–Kier alpha value is -1.41. The predicted molar refractivity (Wildman–Crippen MR) is 65.2 cm³/mol. The Morgan fingerprint density at radius 2 is 2.06 bits per heavy atom. The van der Waals surface area contributed by atoms with Gasteiger partial charge in [0.25, 0.3) is 0 Å². The summed E-state index contributed by atoms with van der Waals surface area (Å²) < 4.78 is 0. The molecule has 0 aromatic heterocycles. The fourth-order valence-electron chi connectivity index (χ4n) is 1.55. The molecule has 1 rings (SSSR count). The molecule has 0 bridgehead atoms. The number of rotatable bonds is 7. The van der Waals surface area contributed by atoms with Gasteiger partial charge >= 0.3 is 0 Å². The first-order chi connectivity index (χ1) is 7.72. The molecule has 16 heavy (non-hydrogen) atoms. The minimum Gasteiger partial charge on any atom is -0.389 e. The molecular weight excluding hydrogens is 200 g/mol. The van der Waals surface area contributed by atoms with Crippen LogP contribution in [0.4, 0.5) is 0 Å². The highest BCUT2D eigenvalue weighted by atomic mass is 16.3. The highest BCUT2D eigenvalue weighted by molar-refractivity contribution is 5.79. The number of benzene rings is 1. The van der Waals surface area contributed by atoms with Crippen LogP contribution in [0.2, 0.25) is 0 Å². The second-order valence-corrected chi connectivity index (χ2v) is 3.89. The lowest BCUT2D eigenvalue weighted by Gasteiger charge is -2.04. The van der Waals surface area contributed by atoms with E-state index in [2.05, 4.69) is 18.7 Å². The van der Waals surface area contributed by atoms with Gasteiger partial charge in [-0.05, 0) is 18.4 Å². The van der Waals surface area contributed by atoms with Crippen LogP contribution in [0, 0.1) is 0 Å². The number of aliphatic hydroxyl groups is 1. The summed E-state index contributed by atoms with van der Waals surface area (Å²) in [6, 6.07) is 10.1. The van der Waals surface area contributed by atoms with Crippen molar-refractivity contribution in [2.45, 2.75) is 31.8 Å². The van der Waals surface area contributed by atoms with Crippen molar-refractivity contribution in [2.24, 2.45) is 0 Å². The number of Topliss-reactive ketones (excluding diaryl/α,β-unsaturated/α-hetero) is 1. The number of aliphatic hydroxyl groups excluding tert-OH is 1. The number of carbonyl (C=O) groups is 1. The molecule has 1 aromatic carbocycles. The van der Waals surface area contributed by atoms with Crippen molar-refractivity contribution in [1.29, 1.82) is 0 Å². The molecule has 0 saturated heterocycles. The van der Waals surface area contributed by atoms with Gasteiger partial charge in [-0.15, -0.1) is 6.58 Å². The van der Waals surface area contributed by atoms with Gasteiger partial charge in [-0.1, -0.05) is 36.4 Å². The van der Waals surface area contributed by atoms with Crippen LogP contribution in [0.15, 0.2) is 43.0 Å². The minimum atomic E-state index is -0.691. The molecule has 0 aliphatic rings. The van der Waals surface area contributed by atoms with Crippen LogP contribution in [0.1, 0.15) is 24.8 Å². The molecule has 2 heteroatoms. The third-order valence-corrected chi connectivity index (χ3v) is 2.47. The van der Waals surface area contributed by atoms with E-state index in [0.29, 0.717) is 6.42 Å². The summed E-state index contributed by atoms with van der Waals surface area (Å²) in [6.07, 6.45) is 3.18. The summed E-state index contributed by atoms with van der Waals surface area (Å²) in [5.74, 6) is 0.100. The lowest BCUT2D eigenvalue weighted by molar-refractivity contribution is -0.120. The monoisotopic (exact) mass is 218 g/mol. The quantitative estimate of drug-likeness (QED) is 0.714. The van der Waals surface area contributed by atoms with Gasteiger partial charge in [-0.25, -0.2) is 0 Å². The molecule has 0 aliphatic heterocycles. The lowest BCUT2D eigenvalue weighted by atomic mass is 10.0. The van der Waals surface area contributed by atoms with Crippen molar-refractivity contribution in [1.82, 2.24) is 0 Å². The van der Waals surface area contributed by atoms with Gasteiger partial charge in [0.15, 0.2) is 0 Å². The normalized spacial score (nSPS) is 12.1. The van der Waals surface area contributed by atoms with Crippen LogP contribution in [0.25, 0.3) is 0 Å². The van der Waals surface area contributed by atoms with Crippen LogP contribution < -0.4 is 0 Å². The van der Waals surface area contributed by atoms with Crippen LogP contribution in [0.5, 0.6) is 0 Å². The molecule has 2 nitrogen and oxygen atoms in total. The molecule has 0 radical (unpaired) electrons. The Morgan fingerprint density at radius 3 is 2.69 bits per heavy atom. The molecule has 86 valence electrons. The Labute approximate surface area is 96.6 Å². The van der Waals surface area contributed by atoms with Gasteiger partial charge in [0.1, 0.15) is 5.78 Å². The maximum absolute atomic E-state index is 11.4. The van der Waals surface area contributed by atoms with Crippen LogP contribution in [-0.2, 0) is 11.2 Å². The zero-order chi connectivity index (χ0) is 11.8. The second-order valence-electron chi connectivity index (χ2n) is 3.89. The number of hydrogen-bond donors (Lipinski definition) is 1. The van der Waals surface area contributed by atoms with Crippen LogP contribution in [0.3, 0.4) is 0 Å². The second kappa shape index (κ2) is 6.96. The lowest BCUT2D eigenvalue weighted by Crippen LogP contribution is -2.10. The van der Waals surface area contributed by atoms with E-state index in [-0.39, 0.29) is 12.2 Å². The first-order valence-corrected chi connectivity index (χ1v) is 5.58. The zero-order valence-corrected chi connectivity index (χ0v) is 9.43. The van der Waals surface area contributed by atoms with Crippen molar-refractivity contribution >= 4 is 5.78 Å². The summed E-state index contributed by atoms with van der Waals surface area (Å²) in [6.45, 7) is 3.44. The summed E-state index contributed by atoms with van der Waals surface area (Å²) >= 11 is 0. The van der Waals surface area contributed by atoms with Crippen molar-refractivity contribution in [3.63, 3.8) is 0 Å². The van der Waals surface area contributed by atoms with Gasteiger partial charge in [0.2, 0.25) is 0 Å². The minimum absolute atomic E-state index is 0.100. The average Bonchev–Trinajstić information content (AvgIpc) is 2.30. The zero-order valence-electron chi connectivity index (χ0n) is 9.43. The Balaban J connectivity index is 2.21.